The highest BCUT2D eigenvalue weighted by molar-refractivity contribution is 7.90. The summed E-state index contributed by atoms with van der Waals surface area (Å²) in [6.45, 7) is 0.0524. The molecule has 0 spiro atoms. The molecule has 2 aliphatic rings. The Morgan fingerprint density at radius 3 is 2.51 bits per heavy atom. The van der Waals surface area contributed by atoms with E-state index in [0.29, 0.717) is 48.5 Å². The van der Waals surface area contributed by atoms with Crippen molar-refractivity contribution in [3.8, 4) is 22.6 Å². The van der Waals surface area contributed by atoms with Gasteiger partial charge in [-0.25, -0.2) is 27.8 Å². The van der Waals surface area contributed by atoms with E-state index in [-0.39, 0.29) is 18.0 Å². The lowest BCUT2D eigenvalue weighted by molar-refractivity contribution is 0.339. The van der Waals surface area contributed by atoms with Crippen LogP contribution in [0.15, 0.2) is 61.3 Å². The summed E-state index contributed by atoms with van der Waals surface area (Å²) in [5, 5.41) is 13.9. The van der Waals surface area contributed by atoms with Crippen LogP contribution in [-0.4, -0.2) is 68.1 Å². The number of nitrogens with zero attached hydrogens (tertiary/aromatic N) is 6. The summed E-state index contributed by atoms with van der Waals surface area (Å²) in [5.41, 5.74) is 3.12. The Hall–Kier alpha value is -3.97. The van der Waals surface area contributed by atoms with Crippen molar-refractivity contribution in [3.05, 3.63) is 61.3 Å². The van der Waals surface area contributed by atoms with Gasteiger partial charge in [0.05, 0.1) is 28.9 Å². The van der Waals surface area contributed by atoms with Gasteiger partial charge in [0.15, 0.2) is 5.82 Å². The van der Waals surface area contributed by atoms with Gasteiger partial charge in [-0.15, -0.1) is 0 Å². The Kier molecular flexibility index (Phi) is 7.88. The zero-order chi connectivity index (χ0) is 28.2. The number of rotatable bonds is 11. The molecule has 2 aliphatic carbocycles. The van der Waals surface area contributed by atoms with E-state index in [9.17, 15) is 12.8 Å². The molecule has 2 saturated carbocycles. The Balaban J connectivity index is 1.21. The molecule has 0 unspecified atom stereocenters. The number of pyridine rings is 2. The maximum Gasteiger partial charge on any atom is 0.256 e. The lowest BCUT2D eigenvalue weighted by Crippen LogP contribution is -2.37. The summed E-state index contributed by atoms with van der Waals surface area (Å²) >= 11 is 0. The summed E-state index contributed by atoms with van der Waals surface area (Å²) in [6.07, 6.45) is 13.3. The van der Waals surface area contributed by atoms with Crippen molar-refractivity contribution in [2.24, 2.45) is 0 Å². The van der Waals surface area contributed by atoms with Crippen LogP contribution in [0, 0.1) is 0 Å². The molecule has 4 aromatic heterocycles. The molecule has 0 aromatic carbocycles. The highest BCUT2D eigenvalue weighted by Crippen LogP contribution is 2.32. The molecule has 11 nitrogen and oxygen atoms in total. The third-order valence-corrected chi connectivity index (χ3v) is 9.43. The number of aromatic nitrogens is 6. The van der Waals surface area contributed by atoms with Crippen LogP contribution in [0.3, 0.4) is 0 Å². The highest BCUT2D eigenvalue weighted by Gasteiger charge is 2.37. The quantitative estimate of drug-likeness (QED) is 0.238. The topological polar surface area (TPSA) is 140 Å². The van der Waals surface area contributed by atoms with Gasteiger partial charge in [0.2, 0.25) is 0 Å². The lowest BCUT2D eigenvalue weighted by Gasteiger charge is -2.31. The first-order chi connectivity index (χ1) is 20.0. The summed E-state index contributed by atoms with van der Waals surface area (Å²) in [7, 11) is -3.47. The number of anilines is 3. The van der Waals surface area contributed by atoms with Crippen molar-refractivity contribution in [2.75, 3.05) is 23.9 Å². The molecule has 3 N–H and O–H groups in total. The minimum Gasteiger partial charge on any atom is -0.382 e. The van der Waals surface area contributed by atoms with Crippen molar-refractivity contribution < 1.29 is 12.8 Å². The number of nitrogens with one attached hydrogen (secondary N) is 3. The van der Waals surface area contributed by atoms with Crippen LogP contribution in [0.2, 0.25) is 0 Å². The van der Waals surface area contributed by atoms with Crippen LogP contribution >= 0.6 is 0 Å². The molecule has 0 amide bonds. The van der Waals surface area contributed by atoms with Gasteiger partial charge in [-0.2, -0.15) is 9.19 Å². The summed E-state index contributed by atoms with van der Waals surface area (Å²) in [5.74, 6) is 1.45. The van der Waals surface area contributed by atoms with Crippen molar-refractivity contribution >= 4 is 27.3 Å². The summed E-state index contributed by atoms with van der Waals surface area (Å²) < 4.78 is 38.6. The molecule has 2 fully saturated rings. The molecule has 4 aromatic rings. The molecule has 6 rings (SSSR count). The van der Waals surface area contributed by atoms with E-state index in [1.54, 1.807) is 24.7 Å². The number of halogens is 1. The molecule has 41 heavy (non-hydrogen) atoms. The van der Waals surface area contributed by atoms with Crippen molar-refractivity contribution in [3.63, 3.8) is 0 Å². The zero-order valence-electron chi connectivity index (χ0n) is 22.4. The maximum absolute atomic E-state index is 12.6. The third-order valence-electron chi connectivity index (χ3n) is 7.40. The van der Waals surface area contributed by atoms with Crippen LogP contribution < -0.4 is 16.0 Å². The molecule has 0 atom stereocenters. The molecule has 0 saturated heterocycles. The molecule has 0 aliphatic heterocycles. The number of hydrogen-bond donors (Lipinski definition) is 3. The standard InChI is InChI=1S/C28H32FN9O2S/c29-11-14-30-20-4-6-21(7-5-20)35-25-15-27(33-17-23(25)24-3-1-2-12-31-24)36-26-10-13-32-28(37-26)19-16-34-38(18-19)41(39,40)22-8-9-22/h1-3,10,12-13,15-18,20-22,30H,4-9,11,14H2,(H2,32,33,35,36,37). The monoisotopic (exact) mass is 577 g/mol. The van der Waals surface area contributed by atoms with E-state index in [4.69, 9.17) is 0 Å². The first kappa shape index (κ1) is 27.2. The zero-order valence-corrected chi connectivity index (χ0v) is 23.3. The van der Waals surface area contributed by atoms with Crippen LogP contribution in [0.4, 0.5) is 21.7 Å². The van der Waals surface area contributed by atoms with Crippen molar-refractivity contribution in [1.29, 1.82) is 0 Å². The van der Waals surface area contributed by atoms with E-state index in [0.717, 1.165) is 46.7 Å². The molecule has 0 radical (unpaired) electrons. The number of hydrogen-bond acceptors (Lipinski definition) is 10. The number of alkyl halides is 1. The smallest absolute Gasteiger partial charge is 0.256 e. The fourth-order valence-electron chi connectivity index (χ4n) is 5.07. The van der Waals surface area contributed by atoms with E-state index in [1.165, 1.54) is 12.4 Å². The summed E-state index contributed by atoms with van der Waals surface area (Å²) in [6, 6.07) is 10.1. The van der Waals surface area contributed by atoms with Gasteiger partial charge in [-0.1, -0.05) is 6.07 Å². The molecular formula is C28H32FN9O2S. The maximum atomic E-state index is 12.6. The van der Waals surface area contributed by atoms with Gasteiger partial charge in [0.1, 0.15) is 18.3 Å². The minimum atomic E-state index is -3.47. The molecule has 214 valence electrons. The second-order valence-electron chi connectivity index (χ2n) is 10.4. The largest absolute Gasteiger partial charge is 0.382 e. The van der Waals surface area contributed by atoms with Gasteiger partial charge >= 0.3 is 0 Å². The average Bonchev–Trinajstić information content (AvgIpc) is 3.74. The van der Waals surface area contributed by atoms with Crippen molar-refractivity contribution in [1.82, 2.24) is 34.4 Å². The Labute approximate surface area is 238 Å². The van der Waals surface area contributed by atoms with E-state index < -0.39 is 10.0 Å². The van der Waals surface area contributed by atoms with Gasteiger partial charge in [-0.3, -0.25) is 4.98 Å². The van der Waals surface area contributed by atoms with Gasteiger partial charge in [0.25, 0.3) is 10.0 Å². The van der Waals surface area contributed by atoms with E-state index in [1.807, 2.05) is 24.3 Å². The van der Waals surface area contributed by atoms with E-state index >= 15 is 0 Å². The van der Waals surface area contributed by atoms with Crippen LogP contribution in [0.1, 0.15) is 38.5 Å². The van der Waals surface area contributed by atoms with Gasteiger partial charge < -0.3 is 16.0 Å². The molecule has 0 bridgehead atoms. The Morgan fingerprint density at radius 1 is 0.927 bits per heavy atom. The first-order valence-electron chi connectivity index (χ1n) is 13.9. The SMILES string of the molecule is O=S(=O)(C1CC1)n1cc(-c2nccc(Nc3cc(NC4CCC(NCCF)CC4)c(-c4ccccn4)cn3)n2)cn1. The van der Waals surface area contributed by atoms with Crippen LogP contribution in [0.25, 0.3) is 22.6 Å². The second kappa shape index (κ2) is 11.9. The fourth-order valence-corrected chi connectivity index (χ4v) is 6.54. The summed E-state index contributed by atoms with van der Waals surface area (Å²) in [4.78, 5) is 18.0. The lowest BCUT2D eigenvalue weighted by atomic mass is 9.90. The Bertz CT molecular complexity index is 1590. The fraction of sp³-hybridized carbons (Fsp3) is 0.393. The van der Waals surface area contributed by atoms with Gasteiger partial charge in [-0.05, 0) is 56.7 Å². The Morgan fingerprint density at radius 2 is 1.76 bits per heavy atom. The van der Waals surface area contributed by atoms with E-state index in [2.05, 4.69) is 41.0 Å². The average molecular weight is 578 g/mol. The normalized spacial score (nSPS) is 19.1. The van der Waals surface area contributed by atoms with Crippen molar-refractivity contribution in [2.45, 2.75) is 55.9 Å². The minimum absolute atomic E-state index is 0.269. The molecule has 13 heteroatoms. The molecular weight excluding hydrogens is 545 g/mol. The van der Waals surface area contributed by atoms with Crippen LogP contribution in [0.5, 0.6) is 0 Å². The molecule has 4 heterocycles. The predicted molar refractivity (Wildman–Crippen MR) is 155 cm³/mol. The van der Waals surface area contributed by atoms with Crippen LogP contribution in [-0.2, 0) is 10.0 Å². The third kappa shape index (κ3) is 6.35. The highest BCUT2D eigenvalue weighted by atomic mass is 32.2. The predicted octanol–water partition coefficient (Wildman–Crippen LogP) is 4.16. The second-order valence-corrected chi connectivity index (χ2v) is 12.5. The first-order valence-corrected chi connectivity index (χ1v) is 15.4. The van der Waals surface area contributed by atoms with Gasteiger partial charge in [0, 0.05) is 54.5 Å².